The number of hydrogen-bond acceptors (Lipinski definition) is 5. The minimum absolute atomic E-state index is 0.0813. The van der Waals surface area contributed by atoms with Crippen LogP contribution in [0, 0.1) is 0 Å². The Morgan fingerprint density at radius 3 is 2.48 bits per heavy atom. The van der Waals surface area contributed by atoms with E-state index >= 15 is 0 Å². The molecule has 1 aromatic heterocycles. The first-order valence-electron chi connectivity index (χ1n) is 9.71. The SMILES string of the molecule is CC(C)(C)OC(=O)N1CCCC1c1cc(B2OC(C)(C)C(C)(C)O2)ccn1. The number of carbonyl (C=O) groups is 1. The largest absolute Gasteiger partial charge is 0.494 e. The lowest BCUT2D eigenvalue weighted by Crippen LogP contribution is -2.41. The van der Waals surface area contributed by atoms with E-state index in [9.17, 15) is 4.79 Å². The fourth-order valence-corrected chi connectivity index (χ4v) is 3.39. The third kappa shape index (κ3) is 4.14. The number of likely N-dealkylation sites (tertiary alicyclic amines) is 1. The smallest absolute Gasteiger partial charge is 0.444 e. The molecule has 2 fully saturated rings. The van der Waals surface area contributed by atoms with Crippen molar-refractivity contribution < 1.29 is 18.8 Å². The number of aromatic nitrogens is 1. The minimum Gasteiger partial charge on any atom is -0.444 e. The van der Waals surface area contributed by atoms with E-state index < -0.39 is 23.9 Å². The van der Waals surface area contributed by atoms with Crippen LogP contribution in [0.3, 0.4) is 0 Å². The third-order valence-corrected chi connectivity index (χ3v) is 5.55. The zero-order valence-corrected chi connectivity index (χ0v) is 17.5. The molecule has 0 spiro atoms. The third-order valence-electron chi connectivity index (χ3n) is 5.55. The van der Waals surface area contributed by atoms with Crippen LogP contribution in [0.15, 0.2) is 18.3 Å². The molecule has 0 aromatic carbocycles. The van der Waals surface area contributed by atoms with Crippen molar-refractivity contribution in [1.29, 1.82) is 0 Å². The van der Waals surface area contributed by atoms with Crippen LogP contribution in [0.4, 0.5) is 4.79 Å². The molecule has 1 aromatic rings. The van der Waals surface area contributed by atoms with Gasteiger partial charge in [0.1, 0.15) is 5.60 Å². The van der Waals surface area contributed by atoms with Crippen LogP contribution in [0.25, 0.3) is 0 Å². The van der Waals surface area contributed by atoms with Gasteiger partial charge in [-0.25, -0.2) is 4.79 Å². The average molecular weight is 374 g/mol. The molecule has 1 amide bonds. The second-order valence-corrected chi connectivity index (χ2v) is 9.43. The summed E-state index contributed by atoms with van der Waals surface area (Å²) in [6.07, 6.45) is 3.29. The molecule has 6 nitrogen and oxygen atoms in total. The molecule has 0 N–H and O–H groups in total. The number of hydrogen-bond donors (Lipinski definition) is 0. The molecule has 1 atom stereocenters. The van der Waals surface area contributed by atoms with Gasteiger partial charge in [-0.2, -0.15) is 0 Å². The molecule has 148 valence electrons. The van der Waals surface area contributed by atoms with Gasteiger partial charge >= 0.3 is 13.2 Å². The van der Waals surface area contributed by atoms with E-state index in [0.717, 1.165) is 24.0 Å². The fourth-order valence-electron chi connectivity index (χ4n) is 3.39. The molecule has 0 bridgehead atoms. The first kappa shape index (κ1) is 20.1. The van der Waals surface area contributed by atoms with Crippen LogP contribution in [0.1, 0.15) is 73.0 Å². The lowest BCUT2D eigenvalue weighted by atomic mass is 9.79. The summed E-state index contributed by atoms with van der Waals surface area (Å²) in [6.45, 7) is 14.5. The van der Waals surface area contributed by atoms with Crippen molar-refractivity contribution in [2.45, 2.75) is 84.2 Å². The molecule has 0 radical (unpaired) electrons. The Morgan fingerprint density at radius 1 is 1.26 bits per heavy atom. The van der Waals surface area contributed by atoms with Crippen molar-refractivity contribution in [3.8, 4) is 0 Å². The highest BCUT2D eigenvalue weighted by Gasteiger charge is 2.51. The quantitative estimate of drug-likeness (QED) is 0.742. The van der Waals surface area contributed by atoms with Crippen molar-refractivity contribution in [2.75, 3.05) is 6.54 Å². The van der Waals surface area contributed by atoms with E-state index in [4.69, 9.17) is 14.0 Å². The predicted molar refractivity (Wildman–Crippen MR) is 105 cm³/mol. The van der Waals surface area contributed by atoms with Gasteiger partial charge in [0.15, 0.2) is 0 Å². The van der Waals surface area contributed by atoms with Gasteiger partial charge in [0.05, 0.1) is 22.9 Å². The minimum atomic E-state index is -0.512. The highest BCUT2D eigenvalue weighted by Crippen LogP contribution is 2.37. The molecule has 7 heteroatoms. The van der Waals surface area contributed by atoms with Crippen molar-refractivity contribution in [3.63, 3.8) is 0 Å². The highest BCUT2D eigenvalue weighted by molar-refractivity contribution is 6.62. The summed E-state index contributed by atoms with van der Waals surface area (Å²) < 4.78 is 17.9. The maximum Gasteiger partial charge on any atom is 0.494 e. The van der Waals surface area contributed by atoms with Gasteiger partial charge in [-0.15, -0.1) is 0 Å². The van der Waals surface area contributed by atoms with Gasteiger partial charge in [0, 0.05) is 12.7 Å². The maximum atomic E-state index is 12.6. The number of nitrogens with zero attached hydrogens (tertiary/aromatic N) is 2. The predicted octanol–water partition coefficient (Wildman–Crippen LogP) is 3.45. The van der Waals surface area contributed by atoms with E-state index in [-0.39, 0.29) is 12.1 Å². The molecule has 2 saturated heterocycles. The van der Waals surface area contributed by atoms with Crippen molar-refractivity contribution in [3.05, 3.63) is 24.0 Å². The maximum absolute atomic E-state index is 12.6. The van der Waals surface area contributed by atoms with Crippen LogP contribution in [-0.4, -0.2) is 46.4 Å². The second-order valence-electron chi connectivity index (χ2n) is 9.43. The van der Waals surface area contributed by atoms with Gasteiger partial charge in [-0.1, -0.05) is 0 Å². The Labute approximate surface area is 162 Å². The molecule has 3 rings (SSSR count). The summed E-state index contributed by atoms with van der Waals surface area (Å²) in [5.74, 6) is 0. The second kappa shape index (κ2) is 6.78. The molecular weight excluding hydrogens is 343 g/mol. The van der Waals surface area contributed by atoms with E-state index in [1.807, 2.05) is 60.6 Å². The van der Waals surface area contributed by atoms with Crippen molar-refractivity contribution in [1.82, 2.24) is 9.88 Å². The van der Waals surface area contributed by atoms with Gasteiger partial charge in [-0.05, 0) is 78.9 Å². The zero-order chi connectivity index (χ0) is 20.0. The molecule has 0 aliphatic carbocycles. The topological polar surface area (TPSA) is 60.9 Å². The first-order valence-corrected chi connectivity index (χ1v) is 9.71. The van der Waals surface area contributed by atoms with Gasteiger partial charge in [0.2, 0.25) is 0 Å². The zero-order valence-electron chi connectivity index (χ0n) is 17.5. The summed E-state index contributed by atoms with van der Waals surface area (Å²) in [5.41, 5.74) is 0.483. The van der Waals surface area contributed by atoms with E-state index in [2.05, 4.69) is 4.98 Å². The molecule has 2 aliphatic rings. The van der Waals surface area contributed by atoms with Crippen LogP contribution < -0.4 is 5.46 Å². The Balaban J connectivity index is 1.80. The van der Waals surface area contributed by atoms with E-state index in [1.165, 1.54) is 0 Å². The Kier molecular flexibility index (Phi) is 5.06. The Bertz CT molecular complexity index is 698. The number of ether oxygens (including phenoxy) is 1. The van der Waals surface area contributed by atoms with Gasteiger partial charge < -0.3 is 14.0 Å². The fraction of sp³-hybridized carbons (Fsp3) is 0.700. The van der Waals surface area contributed by atoms with Crippen molar-refractivity contribution >= 4 is 18.7 Å². The molecule has 1 unspecified atom stereocenters. The van der Waals surface area contributed by atoms with Crippen molar-refractivity contribution in [2.24, 2.45) is 0 Å². The molecule has 2 aliphatic heterocycles. The monoisotopic (exact) mass is 374 g/mol. The number of rotatable bonds is 2. The Morgan fingerprint density at radius 2 is 1.89 bits per heavy atom. The highest BCUT2D eigenvalue weighted by atomic mass is 16.7. The standard InChI is InChI=1S/C20H31BN2O4/c1-18(2,3)25-17(24)23-12-8-9-16(23)15-13-14(10-11-22-15)21-26-19(4,5)20(6,7)27-21/h10-11,13,16H,8-9,12H2,1-7H3. The summed E-state index contributed by atoms with van der Waals surface area (Å²) >= 11 is 0. The lowest BCUT2D eigenvalue weighted by Gasteiger charge is -2.32. The number of carbonyl (C=O) groups excluding carboxylic acids is 1. The lowest BCUT2D eigenvalue weighted by molar-refractivity contribution is 0.00578. The summed E-state index contributed by atoms with van der Waals surface area (Å²) in [5, 5.41) is 0. The van der Waals surface area contributed by atoms with Crippen LogP contribution >= 0.6 is 0 Å². The molecular formula is C20H31BN2O4. The van der Waals surface area contributed by atoms with Gasteiger partial charge in [0.25, 0.3) is 0 Å². The number of amides is 1. The number of pyridine rings is 1. The summed E-state index contributed by atoms with van der Waals surface area (Å²) in [7, 11) is -0.437. The van der Waals surface area contributed by atoms with E-state index in [1.54, 1.807) is 11.1 Å². The van der Waals surface area contributed by atoms with Crippen LogP contribution in [0.5, 0.6) is 0 Å². The molecule has 27 heavy (non-hydrogen) atoms. The summed E-state index contributed by atoms with van der Waals surface area (Å²) in [6, 6.07) is 3.83. The van der Waals surface area contributed by atoms with Crippen LogP contribution in [0.2, 0.25) is 0 Å². The molecule has 3 heterocycles. The first-order chi connectivity index (χ1) is 12.4. The van der Waals surface area contributed by atoms with E-state index in [0.29, 0.717) is 6.54 Å². The average Bonchev–Trinajstić information content (AvgIpc) is 3.09. The van der Waals surface area contributed by atoms with Gasteiger partial charge in [-0.3, -0.25) is 9.88 Å². The normalized spacial score (nSPS) is 24.3. The molecule has 0 saturated carbocycles. The Hall–Kier alpha value is -1.60. The van der Waals surface area contributed by atoms with Crippen LogP contribution in [-0.2, 0) is 14.0 Å². The summed E-state index contributed by atoms with van der Waals surface area (Å²) in [4.78, 5) is 18.9.